The Kier molecular flexibility index (Phi) is 3.97. The first-order chi connectivity index (χ1) is 8.93. The Morgan fingerprint density at radius 1 is 1.53 bits per heavy atom. The van der Waals surface area contributed by atoms with Gasteiger partial charge in [0.2, 0.25) is 5.91 Å². The van der Waals surface area contributed by atoms with Crippen molar-refractivity contribution in [1.29, 1.82) is 0 Å². The zero-order chi connectivity index (χ0) is 14.0. The van der Waals surface area contributed by atoms with Gasteiger partial charge in [-0.25, -0.2) is 0 Å². The van der Waals surface area contributed by atoms with Gasteiger partial charge in [-0.2, -0.15) is 0 Å². The van der Waals surface area contributed by atoms with Gasteiger partial charge in [0.05, 0.1) is 18.7 Å². The van der Waals surface area contributed by atoms with Gasteiger partial charge < -0.3 is 10.0 Å². The van der Waals surface area contributed by atoms with Crippen LogP contribution in [0.3, 0.4) is 0 Å². The van der Waals surface area contributed by atoms with Crippen LogP contribution in [0.5, 0.6) is 0 Å². The first kappa shape index (κ1) is 14.1. The smallest absolute Gasteiger partial charge is 0.246 e. The highest BCUT2D eigenvalue weighted by Crippen LogP contribution is 2.24. The van der Waals surface area contributed by atoms with Crippen LogP contribution in [0.15, 0.2) is 24.3 Å². The lowest BCUT2D eigenvalue weighted by Crippen LogP contribution is -2.62. The monoisotopic (exact) mass is 279 g/mol. The highest BCUT2D eigenvalue weighted by molar-refractivity contribution is 6.31. The minimum atomic E-state index is -0.684. The van der Waals surface area contributed by atoms with Gasteiger partial charge >= 0.3 is 0 Å². The predicted molar refractivity (Wildman–Crippen MR) is 77.0 cm³/mol. The van der Waals surface area contributed by atoms with E-state index in [4.69, 9.17) is 11.6 Å². The van der Waals surface area contributed by atoms with E-state index in [2.05, 4.69) is 0 Å². The highest BCUT2D eigenvalue weighted by Gasteiger charge is 2.41. The molecule has 1 saturated heterocycles. The van der Waals surface area contributed by atoms with Crippen LogP contribution in [0.1, 0.15) is 24.5 Å². The zero-order valence-electron chi connectivity index (χ0n) is 11.2. The summed E-state index contributed by atoms with van der Waals surface area (Å²) < 4.78 is 0. The van der Waals surface area contributed by atoms with Crippen LogP contribution < -0.4 is 0 Å². The van der Waals surface area contributed by atoms with E-state index in [1.54, 1.807) is 11.0 Å². The number of rotatable bonds is 3. The van der Waals surface area contributed by atoms with Gasteiger partial charge in [-0.05, 0) is 36.6 Å². The van der Waals surface area contributed by atoms with Crippen molar-refractivity contribution in [1.82, 2.24) is 4.90 Å². The molecular formula is C15H18ClNO2. The maximum absolute atomic E-state index is 11.8. The van der Waals surface area contributed by atoms with Crippen molar-refractivity contribution in [3.8, 4) is 0 Å². The van der Waals surface area contributed by atoms with Crippen molar-refractivity contribution in [2.24, 2.45) is 0 Å². The molecule has 0 bridgehead atoms. The minimum absolute atomic E-state index is 0.0742. The predicted octanol–water partition coefficient (Wildman–Crippen LogP) is 2.64. The SMILES string of the molecule is CCC1(O)CN(C(=O)C=Cc2ccc(C)c(Cl)c2)C1. The normalized spacial score (nSPS) is 17.6. The molecule has 2 rings (SSSR count). The van der Waals surface area contributed by atoms with E-state index in [9.17, 15) is 9.90 Å². The second kappa shape index (κ2) is 5.35. The molecule has 1 aromatic carbocycles. The van der Waals surface area contributed by atoms with Crippen molar-refractivity contribution in [2.75, 3.05) is 13.1 Å². The molecular weight excluding hydrogens is 262 g/mol. The van der Waals surface area contributed by atoms with Crippen LogP contribution in [0.25, 0.3) is 6.08 Å². The summed E-state index contributed by atoms with van der Waals surface area (Å²) in [6.45, 7) is 4.70. The number of nitrogens with zero attached hydrogens (tertiary/aromatic N) is 1. The van der Waals surface area contributed by atoms with Gasteiger partial charge in [0.25, 0.3) is 0 Å². The molecule has 0 saturated carbocycles. The summed E-state index contributed by atoms with van der Waals surface area (Å²) in [5.74, 6) is -0.0742. The molecule has 102 valence electrons. The summed E-state index contributed by atoms with van der Waals surface area (Å²) in [6, 6.07) is 5.68. The molecule has 0 unspecified atom stereocenters. The van der Waals surface area contributed by atoms with Crippen LogP contribution in [0.4, 0.5) is 0 Å². The lowest BCUT2D eigenvalue weighted by Gasteiger charge is -2.45. The summed E-state index contributed by atoms with van der Waals surface area (Å²) in [4.78, 5) is 13.5. The molecule has 0 aromatic heterocycles. The second-order valence-electron chi connectivity index (χ2n) is 5.11. The van der Waals surface area contributed by atoms with E-state index in [0.717, 1.165) is 11.1 Å². The van der Waals surface area contributed by atoms with Crippen molar-refractivity contribution < 1.29 is 9.90 Å². The number of halogens is 1. The summed E-state index contributed by atoms with van der Waals surface area (Å²) in [7, 11) is 0. The molecule has 0 radical (unpaired) electrons. The van der Waals surface area contributed by atoms with Crippen molar-refractivity contribution in [3.63, 3.8) is 0 Å². The fourth-order valence-corrected chi connectivity index (χ4v) is 2.22. The fraction of sp³-hybridized carbons (Fsp3) is 0.400. The summed E-state index contributed by atoms with van der Waals surface area (Å²) >= 11 is 6.02. The first-order valence-electron chi connectivity index (χ1n) is 6.39. The third-order valence-corrected chi connectivity index (χ3v) is 3.96. The Morgan fingerprint density at radius 3 is 2.79 bits per heavy atom. The average Bonchev–Trinajstić information content (AvgIpc) is 2.36. The Balaban J connectivity index is 1.96. The highest BCUT2D eigenvalue weighted by atomic mass is 35.5. The standard InChI is InChI=1S/C15H18ClNO2/c1-3-15(19)9-17(10-15)14(18)7-6-12-5-4-11(2)13(16)8-12/h4-8,19H,3,9-10H2,1-2H3. The Morgan fingerprint density at radius 2 is 2.21 bits per heavy atom. The number of carbonyl (C=O) groups excluding carboxylic acids is 1. The number of hydrogen-bond acceptors (Lipinski definition) is 2. The third kappa shape index (κ3) is 3.17. The first-order valence-corrected chi connectivity index (χ1v) is 6.77. The van der Waals surface area contributed by atoms with Crippen molar-refractivity contribution in [2.45, 2.75) is 25.9 Å². The molecule has 0 spiro atoms. The molecule has 1 fully saturated rings. The largest absolute Gasteiger partial charge is 0.386 e. The van der Waals surface area contributed by atoms with Gasteiger partial charge in [0.15, 0.2) is 0 Å². The molecule has 19 heavy (non-hydrogen) atoms. The third-order valence-electron chi connectivity index (χ3n) is 3.55. The van der Waals surface area contributed by atoms with Gasteiger partial charge in [-0.3, -0.25) is 4.79 Å². The molecule has 1 aromatic rings. The Hall–Kier alpha value is -1.32. The Labute approximate surface area is 118 Å². The van der Waals surface area contributed by atoms with Gasteiger partial charge in [-0.1, -0.05) is 30.7 Å². The number of carbonyl (C=O) groups is 1. The Bertz CT molecular complexity index is 519. The summed E-state index contributed by atoms with van der Waals surface area (Å²) in [6.07, 6.45) is 3.95. The number of aryl methyl sites for hydroxylation is 1. The molecule has 0 aliphatic carbocycles. The maximum Gasteiger partial charge on any atom is 0.246 e. The quantitative estimate of drug-likeness (QED) is 0.864. The second-order valence-corrected chi connectivity index (χ2v) is 5.52. The van der Waals surface area contributed by atoms with E-state index in [-0.39, 0.29) is 5.91 Å². The van der Waals surface area contributed by atoms with Crippen LogP contribution in [-0.4, -0.2) is 34.6 Å². The topological polar surface area (TPSA) is 40.5 Å². The van der Waals surface area contributed by atoms with Crippen LogP contribution in [0, 0.1) is 6.92 Å². The van der Waals surface area contributed by atoms with E-state index in [1.807, 2.05) is 32.0 Å². The lowest BCUT2D eigenvalue weighted by atomic mass is 9.91. The molecule has 0 atom stereocenters. The zero-order valence-corrected chi connectivity index (χ0v) is 11.9. The van der Waals surface area contributed by atoms with E-state index in [1.165, 1.54) is 6.08 Å². The van der Waals surface area contributed by atoms with Gasteiger partial charge in [-0.15, -0.1) is 0 Å². The number of benzene rings is 1. The number of β-amino-alcohol motifs (C(OH)–C–C–N with tert-alkyl or cyclic N) is 1. The van der Waals surface area contributed by atoms with E-state index < -0.39 is 5.60 Å². The minimum Gasteiger partial charge on any atom is -0.386 e. The molecule has 1 heterocycles. The number of hydrogen-bond donors (Lipinski definition) is 1. The van der Waals surface area contributed by atoms with Crippen molar-refractivity contribution in [3.05, 3.63) is 40.4 Å². The average molecular weight is 280 g/mol. The molecule has 1 amide bonds. The molecule has 1 aliphatic heterocycles. The van der Waals surface area contributed by atoms with Crippen LogP contribution >= 0.6 is 11.6 Å². The molecule has 1 aliphatic rings. The number of amides is 1. The van der Waals surface area contributed by atoms with E-state index >= 15 is 0 Å². The molecule has 1 N–H and O–H groups in total. The van der Waals surface area contributed by atoms with Crippen LogP contribution in [0.2, 0.25) is 5.02 Å². The van der Waals surface area contributed by atoms with Gasteiger partial charge in [0, 0.05) is 11.1 Å². The molecule has 4 heteroatoms. The number of aliphatic hydroxyl groups is 1. The number of likely N-dealkylation sites (tertiary alicyclic amines) is 1. The van der Waals surface area contributed by atoms with Crippen molar-refractivity contribution >= 4 is 23.6 Å². The van der Waals surface area contributed by atoms with Crippen LogP contribution in [-0.2, 0) is 4.79 Å². The fourth-order valence-electron chi connectivity index (χ4n) is 2.03. The lowest BCUT2D eigenvalue weighted by molar-refractivity contribution is -0.150. The maximum atomic E-state index is 11.8. The summed E-state index contributed by atoms with van der Waals surface area (Å²) in [5, 5.41) is 10.5. The van der Waals surface area contributed by atoms with Gasteiger partial charge in [0.1, 0.15) is 0 Å². The summed E-state index contributed by atoms with van der Waals surface area (Å²) in [5.41, 5.74) is 1.23. The molecule has 3 nitrogen and oxygen atoms in total. The van der Waals surface area contributed by atoms with E-state index in [0.29, 0.717) is 24.5 Å².